The fraction of sp³-hybridized carbons (Fsp3) is 0.316. The number of halogens is 7. The third kappa shape index (κ3) is 13.3. The summed E-state index contributed by atoms with van der Waals surface area (Å²) in [4.78, 5) is 23.1. The number of hydrogen-bond acceptors (Lipinski definition) is 6. The highest BCUT2D eigenvalue weighted by Gasteiger charge is 2.21. The molecule has 0 spiro atoms. The van der Waals surface area contributed by atoms with Gasteiger partial charge in [-0.2, -0.15) is 0 Å². The van der Waals surface area contributed by atoms with Crippen LogP contribution >= 0.6 is 62.3 Å². The lowest BCUT2D eigenvalue weighted by Gasteiger charge is -2.17. The van der Waals surface area contributed by atoms with Crippen LogP contribution < -0.4 is 5.46 Å². The number of carbonyl (C=O) groups is 2. The first-order chi connectivity index (χ1) is 24.4. The Balaban J connectivity index is 0.000000291. The molecule has 4 aromatic rings. The van der Waals surface area contributed by atoms with E-state index in [1.54, 1.807) is 95.3 Å². The first-order valence-corrected chi connectivity index (χ1v) is 18.5. The predicted octanol–water partition coefficient (Wildman–Crippen LogP) is 10.8. The van der Waals surface area contributed by atoms with Crippen molar-refractivity contribution in [2.45, 2.75) is 66.2 Å². The first-order valence-electron chi connectivity index (χ1n) is 16.2. The summed E-state index contributed by atoms with van der Waals surface area (Å²) in [6.45, 7) is 11.2. The highest BCUT2D eigenvalue weighted by Crippen LogP contribution is 2.38. The first kappa shape index (κ1) is 45.5. The molecule has 0 aliphatic carbocycles. The Bertz CT molecular complexity index is 1810. The largest absolute Gasteiger partial charge is 0.491 e. The summed E-state index contributed by atoms with van der Waals surface area (Å²) in [7, 11) is -1.61. The van der Waals surface area contributed by atoms with Crippen LogP contribution in [0, 0.1) is 25.5 Å². The number of esters is 2. The molecule has 2 N–H and O–H groups in total. The Hall–Kier alpha value is -2.70. The Labute approximate surface area is 332 Å². The minimum atomic E-state index is -1.61. The highest BCUT2D eigenvalue weighted by molar-refractivity contribution is 9.10. The van der Waals surface area contributed by atoms with Gasteiger partial charge in [0.1, 0.15) is 11.6 Å². The molecular weight excluding hydrogens is 823 g/mol. The number of benzene rings is 4. The Morgan fingerprint density at radius 2 is 1.13 bits per heavy atom. The zero-order chi connectivity index (χ0) is 39.3. The van der Waals surface area contributed by atoms with Crippen LogP contribution in [0.1, 0.15) is 74.6 Å². The number of ether oxygens (including phenoxy) is 2. The Morgan fingerprint density at radius 3 is 1.54 bits per heavy atom. The lowest BCUT2D eigenvalue weighted by atomic mass is 9.80. The second-order valence-corrected chi connectivity index (χ2v) is 14.3. The summed E-state index contributed by atoms with van der Waals surface area (Å²) in [5, 5.41) is 19.1. The number of hydrogen-bond donors (Lipinski definition) is 2. The van der Waals surface area contributed by atoms with Crippen LogP contribution in [0.15, 0.2) is 65.1 Å². The zero-order valence-electron chi connectivity index (χ0n) is 29.5. The molecule has 0 saturated heterocycles. The van der Waals surface area contributed by atoms with E-state index >= 15 is 0 Å². The van der Waals surface area contributed by atoms with Gasteiger partial charge in [-0.3, -0.25) is 9.59 Å². The average Bonchev–Trinajstić information content (AvgIpc) is 3.04. The second kappa shape index (κ2) is 21.9. The van der Waals surface area contributed by atoms with Crippen molar-refractivity contribution < 1.29 is 37.9 Å². The quantitative estimate of drug-likeness (QED) is 0.122. The van der Waals surface area contributed by atoms with Gasteiger partial charge >= 0.3 is 19.1 Å². The van der Waals surface area contributed by atoms with E-state index in [2.05, 4.69) is 15.9 Å². The van der Waals surface area contributed by atoms with Crippen LogP contribution in [0.3, 0.4) is 0 Å². The van der Waals surface area contributed by atoms with Crippen LogP contribution in [0.25, 0.3) is 11.1 Å². The van der Waals surface area contributed by atoms with Crippen LogP contribution in [0.2, 0.25) is 20.1 Å². The molecule has 0 unspecified atom stereocenters. The molecule has 0 aromatic heterocycles. The van der Waals surface area contributed by atoms with E-state index < -0.39 is 7.12 Å². The van der Waals surface area contributed by atoms with Crippen molar-refractivity contribution in [3.05, 3.63) is 119 Å². The standard InChI is InChI=1S/C19H19Cl2FO2.C13H16BrFO2.C6H5BCl2O2/c1-4-24-17(23)9-11(2)14-10-13(8-12(3)19(14)22)18-15(20)6-5-7-16(18)21;1-4-17-12(16)6-8(2)11-7-10(14)5-9(3)13(11)15;8-4-2-1-3-5(9)6(4)7(10)11/h5-8,10-11H,4,9H2,1-3H3;5,7-8H,4,6H2,1-3H3;1-3,10-11H/t11-;8-;/m00./s1. The van der Waals surface area contributed by atoms with E-state index in [-0.39, 0.29) is 63.8 Å². The van der Waals surface area contributed by atoms with Crippen molar-refractivity contribution in [3.8, 4) is 11.1 Å². The molecule has 280 valence electrons. The van der Waals surface area contributed by atoms with E-state index in [1.165, 1.54) is 0 Å². The smallest absolute Gasteiger partial charge is 0.466 e. The fourth-order valence-corrected chi connectivity index (χ4v) is 6.90. The minimum absolute atomic E-state index is 0.115. The van der Waals surface area contributed by atoms with Gasteiger partial charge in [-0.05, 0) is 116 Å². The monoisotopic (exact) mass is 860 g/mol. The Kier molecular flexibility index (Phi) is 19.1. The third-order valence-corrected chi connectivity index (χ3v) is 9.40. The topological polar surface area (TPSA) is 93.1 Å². The molecule has 0 heterocycles. The molecule has 0 saturated carbocycles. The average molecular weight is 863 g/mol. The van der Waals surface area contributed by atoms with Crippen molar-refractivity contribution in [1.82, 2.24) is 0 Å². The maximum atomic E-state index is 14.6. The van der Waals surface area contributed by atoms with Crippen molar-refractivity contribution in [2.24, 2.45) is 0 Å². The SMILES string of the molecule is CCOC(=O)C[C@H](C)c1cc(-c2c(Cl)cccc2Cl)cc(C)c1F.CCOC(=O)C[C@H](C)c1cc(Br)cc(C)c1F.OB(O)c1c(Cl)cccc1Cl. The van der Waals surface area contributed by atoms with E-state index in [9.17, 15) is 18.4 Å². The molecule has 2 atom stereocenters. The molecule has 4 aromatic carbocycles. The molecular formula is C38H40BBrCl4F2O6. The van der Waals surface area contributed by atoms with Crippen LogP contribution in [0.5, 0.6) is 0 Å². The van der Waals surface area contributed by atoms with Gasteiger partial charge < -0.3 is 19.5 Å². The van der Waals surface area contributed by atoms with Gasteiger partial charge in [0.05, 0.1) is 26.1 Å². The maximum absolute atomic E-state index is 14.6. The van der Waals surface area contributed by atoms with E-state index in [0.29, 0.717) is 51.1 Å². The summed E-state index contributed by atoms with van der Waals surface area (Å²) in [5.74, 6) is -1.71. The lowest BCUT2D eigenvalue weighted by Crippen LogP contribution is -2.31. The van der Waals surface area contributed by atoms with Gasteiger partial charge in [-0.15, -0.1) is 0 Å². The molecule has 0 aliphatic heterocycles. The summed E-state index contributed by atoms with van der Waals surface area (Å²) in [6, 6.07) is 16.8. The normalized spacial score (nSPS) is 11.7. The fourth-order valence-electron chi connectivity index (χ4n) is 5.10. The molecule has 6 nitrogen and oxygen atoms in total. The van der Waals surface area contributed by atoms with Crippen molar-refractivity contribution in [3.63, 3.8) is 0 Å². The van der Waals surface area contributed by atoms with Crippen LogP contribution in [0.4, 0.5) is 8.78 Å². The van der Waals surface area contributed by atoms with Gasteiger partial charge in [-0.25, -0.2) is 8.78 Å². The predicted molar refractivity (Wildman–Crippen MR) is 211 cm³/mol. The number of rotatable bonds is 10. The van der Waals surface area contributed by atoms with Gasteiger partial charge in [-0.1, -0.05) is 88.3 Å². The molecule has 52 heavy (non-hydrogen) atoms. The van der Waals surface area contributed by atoms with Gasteiger partial charge in [0.25, 0.3) is 0 Å². The lowest BCUT2D eigenvalue weighted by molar-refractivity contribution is -0.144. The van der Waals surface area contributed by atoms with Gasteiger partial charge in [0, 0.05) is 35.6 Å². The Morgan fingerprint density at radius 1 is 0.731 bits per heavy atom. The summed E-state index contributed by atoms with van der Waals surface area (Å²) >= 11 is 27.1. The van der Waals surface area contributed by atoms with Gasteiger partial charge in [0.15, 0.2) is 0 Å². The molecule has 0 fully saturated rings. The maximum Gasteiger partial charge on any atom is 0.491 e. The van der Waals surface area contributed by atoms with Crippen LogP contribution in [-0.2, 0) is 19.1 Å². The van der Waals surface area contributed by atoms with Crippen molar-refractivity contribution >= 4 is 86.9 Å². The molecule has 4 rings (SSSR count). The van der Waals surface area contributed by atoms with Crippen molar-refractivity contribution in [2.75, 3.05) is 13.2 Å². The zero-order valence-corrected chi connectivity index (χ0v) is 34.1. The van der Waals surface area contributed by atoms with Crippen LogP contribution in [-0.4, -0.2) is 42.3 Å². The molecule has 0 aliphatic rings. The number of carbonyl (C=O) groups excluding carboxylic acids is 2. The number of aryl methyl sites for hydroxylation is 2. The molecule has 0 radical (unpaired) electrons. The summed E-state index contributed by atoms with van der Waals surface area (Å²) in [6.07, 6.45) is 0.310. The van der Waals surface area contributed by atoms with E-state index in [0.717, 1.165) is 10.0 Å². The van der Waals surface area contributed by atoms with Gasteiger partial charge in [0.2, 0.25) is 0 Å². The minimum Gasteiger partial charge on any atom is -0.466 e. The van der Waals surface area contributed by atoms with Crippen molar-refractivity contribution in [1.29, 1.82) is 0 Å². The molecule has 14 heteroatoms. The highest BCUT2D eigenvalue weighted by atomic mass is 79.9. The molecule has 0 bridgehead atoms. The van der Waals surface area contributed by atoms with E-state index in [4.69, 9.17) is 65.9 Å². The van der Waals surface area contributed by atoms with E-state index in [1.807, 2.05) is 6.92 Å². The molecule has 0 amide bonds. The third-order valence-electron chi connectivity index (χ3n) is 7.66. The summed E-state index contributed by atoms with van der Waals surface area (Å²) in [5.41, 5.74) is 3.60. The summed E-state index contributed by atoms with van der Waals surface area (Å²) < 4.78 is 39.1. The second-order valence-electron chi connectivity index (χ2n) is 11.7.